The van der Waals surface area contributed by atoms with E-state index in [0.29, 0.717) is 6.42 Å². The topological polar surface area (TPSA) is 58.1 Å². The van der Waals surface area contributed by atoms with E-state index in [1.165, 1.54) is 6.07 Å². The van der Waals surface area contributed by atoms with Crippen LogP contribution in [-0.2, 0) is 6.42 Å². The SMILES string of the molecule is Cc1ncc2c(n1)CC1CCC2N1C(=O)Nc1ccc(F)cc1F. The van der Waals surface area contributed by atoms with Crippen LogP contribution in [0, 0.1) is 18.6 Å². The summed E-state index contributed by atoms with van der Waals surface area (Å²) in [6.07, 6.45) is 4.17. The summed E-state index contributed by atoms with van der Waals surface area (Å²) in [5, 5.41) is 2.55. The summed E-state index contributed by atoms with van der Waals surface area (Å²) in [5.74, 6) is -0.739. The van der Waals surface area contributed by atoms with Gasteiger partial charge >= 0.3 is 6.03 Å². The van der Waals surface area contributed by atoms with Gasteiger partial charge in [-0.05, 0) is 31.9 Å². The molecular formula is C17H16F2N4O. The first-order chi connectivity index (χ1) is 11.5. The summed E-state index contributed by atoms with van der Waals surface area (Å²) in [7, 11) is 0. The maximum atomic E-state index is 13.8. The second-order valence-corrected chi connectivity index (χ2v) is 6.23. The monoisotopic (exact) mass is 330 g/mol. The predicted molar refractivity (Wildman–Crippen MR) is 83.5 cm³/mol. The van der Waals surface area contributed by atoms with Gasteiger partial charge in [-0.3, -0.25) is 0 Å². The van der Waals surface area contributed by atoms with Gasteiger partial charge in [0.05, 0.1) is 17.4 Å². The number of aromatic nitrogens is 2. The average molecular weight is 330 g/mol. The smallest absolute Gasteiger partial charge is 0.314 e. The van der Waals surface area contributed by atoms with Crippen molar-refractivity contribution in [3.63, 3.8) is 0 Å². The molecule has 1 aromatic heterocycles. The number of hydrogen-bond donors (Lipinski definition) is 1. The number of fused-ring (bicyclic) bond motifs is 4. The number of nitrogens with zero attached hydrogens (tertiary/aromatic N) is 3. The van der Waals surface area contributed by atoms with Gasteiger partial charge in [-0.15, -0.1) is 0 Å². The van der Waals surface area contributed by atoms with Crippen LogP contribution in [0.2, 0.25) is 0 Å². The normalized spacial score (nSPS) is 21.5. The van der Waals surface area contributed by atoms with Crippen LogP contribution in [0.4, 0.5) is 19.3 Å². The minimum Gasteiger partial charge on any atom is -0.314 e. The van der Waals surface area contributed by atoms with Gasteiger partial charge in [-0.2, -0.15) is 0 Å². The van der Waals surface area contributed by atoms with Gasteiger partial charge in [0.25, 0.3) is 0 Å². The van der Waals surface area contributed by atoms with Gasteiger partial charge in [-0.1, -0.05) is 0 Å². The van der Waals surface area contributed by atoms with E-state index >= 15 is 0 Å². The lowest BCUT2D eigenvalue weighted by Crippen LogP contribution is -2.44. The molecule has 1 N–H and O–H groups in total. The second-order valence-electron chi connectivity index (χ2n) is 6.23. The highest BCUT2D eigenvalue weighted by molar-refractivity contribution is 5.90. The van der Waals surface area contributed by atoms with E-state index in [-0.39, 0.29) is 23.8 Å². The maximum absolute atomic E-state index is 13.8. The number of carbonyl (C=O) groups excluding carboxylic acids is 1. The summed E-state index contributed by atoms with van der Waals surface area (Å²) in [6, 6.07) is 2.68. The molecule has 0 aliphatic carbocycles. The van der Waals surface area contributed by atoms with Crippen LogP contribution in [-0.4, -0.2) is 26.9 Å². The number of hydrogen-bond acceptors (Lipinski definition) is 3. The molecule has 2 aromatic rings. The Morgan fingerprint density at radius 2 is 2.17 bits per heavy atom. The largest absolute Gasteiger partial charge is 0.322 e. The van der Waals surface area contributed by atoms with E-state index in [1.807, 2.05) is 6.92 Å². The van der Waals surface area contributed by atoms with E-state index in [1.54, 1.807) is 11.1 Å². The Hall–Kier alpha value is -2.57. The van der Waals surface area contributed by atoms with Gasteiger partial charge in [0.15, 0.2) is 0 Å². The van der Waals surface area contributed by atoms with Crippen molar-refractivity contribution in [3.8, 4) is 0 Å². The molecule has 2 bridgehead atoms. The fraction of sp³-hybridized carbons (Fsp3) is 0.353. The Balaban J connectivity index is 1.61. The Morgan fingerprint density at radius 3 is 2.96 bits per heavy atom. The molecule has 2 aliphatic heterocycles. The minimum atomic E-state index is -0.785. The predicted octanol–water partition coefficient (Wildman–Crippen LogP) is 3.36. The van der Waals surface area contributed by atoms with E-state index in [4.69, 9.17) is 0 Å². The summed E-state index contributed by atoms with van der Waals surface area (Å²) in [5.41, 5.74) is 1.93. The Labute approximate surface area is 137 Å². The van der Waals surface area contributed by atoms with Crippen molar-refractivity contribution in [2.75, 3.05) is 5.32 Å². The molecule has 24 heavy (non-hydrogen) atoms. The molecule has 0 radical (unpaired) electrons. The first-order valence-corrected chi connectivity index (χ1v) is 7.89. The zero-order valence-electron chi connectivity index (χ0n) is 13.1. The van der Waals surface area contributed by atoms with Crippen molar-refractivity contribution in [1.82, 2.24) is 14.9 Å². The van der Waals surface area contributed by atoms with Crippen LogP contribution in [0.3, 0.4) is 0 Å². The number of nitrogens with one attached hydrogen (secondary N) is 1. The van der Waals surface area contributed by atoms with Crippen LogP contribution >= 0.6 is 0 Å². The molecule has 4 rings (SSSR count). The number of aryl methyl sites for hydroxylation is 1. The van der Waals surface area contributed by atoms with Gasteiger partial charge in [0, 0.05) is 30.3 Å². The standard InChI is InChI=1S/C17H16F2N4O/c1-9-20-8-12-15(21-9)7-11-3-5-16(12)23(11)17(24)22-14-4-2-10(18)6-13(14)19/h2,4,6,8,11,16H,3,5,7H2,1H3,(H,22,24). The highest BCUT2D eigenvalue weighted by Crippen LogP contribution is 2.43. The molecule has 5 nitrogen and oxygen atoms in total. The molecule has 2 aliphatic rings. The zero-order chi connectivity index (χ0) is 16.8. The van der Waals surface area contributed by atoms with Crippen LogP contribution < -0.4 is 5.32 Å². The van der Waals surface area contributed by atoms with Crippen molar-refractivity contribution >= 4 is 11.7 Å². The number of anilines is 1. The Kier molecular flexibility index (Phi) is 3.44. The first kappa shape index (κ1) is 15.0. The van der Waals surface area contributed by atoms with Crippen LogP contribution in [0.1, 0.15) is 36.0 Å². The van der Waals surface area contributed by atoms with Crippen LogP contribution in [0.25, 0.3) is 0 Å². The fourth-order valence-electron chi connectivity index (χ4n) is 3.66. The lowest BCUT2D eigenvalue weighted by atomic mass is 9.99. The molecule has 124 valence electrons. The third kappa shape index (κ3) is 2.40. The lowest BCUT2D eigenvalue weighted by molar-refractivity contribution is 0.178. The number of halogens is 2. The van der Waals surface area contributed by atoms with E-state index in [9.17, 15) is 13.6 Å². The van der Waals surface area contributed by atoms with Gasteiger partial charge < -0.3 is 10.2 Å². The van der Waals surface area contributed by atoms with Crippen molar-refractivity contribution in [2.45, 2.75) is 38.3 Å². The molecule has 0 spiro atoms. The van der Waals surface area contributed by atoms with Gasteiger partial charge in [-0.25, -0.2) is 23.5 Å². The van der Waals surface area contributed by atoms with Gasteiger partial charge in [0.2, 0.25) is 0 Å². The molecule has 2 atom stereocenters. The average Bonchev–Trinajstić information content (AvgIpc) is 2.85. The Bertz CT molecular complexity index is 826. The molecule has 1 aromatic carbocycles. The summed E-state index contributed by atoms with van der Waals surface area (Å²) >= 11 is 0. The molecule has 3 heterocycles. The van der Waals surface area contributed by atoms with Crippen LogP contribution in [0.5, 0.6) is 0 Å². The number of rotatable bonds is 1. The molecule has 0 saturated carbocycles. The highest BCUT2D eigenvalue weighted by Gasteiger charge is 2.43. The van der Waals surface area contributed by atoms with Crippen LogP contribution in [0.15, 0.2) is 24.4 Å². The van der Waals surface area contributed by atoms with E-state index < -0.39 is 11.6 Å². The van der Waals surface area contributed by atoms with Crippen molar-refractivity contribution < 1.29 is 13.6 Å². The minimum absolute atomic E-state index is 0.0215. The molecule has 2 unspecified atom stereocenters. The zero-order valence-corrected chi connectivity index (χ0v) is 13.1. The first-order valence-electron chi connectivity index (χ1n) is 7.89. The van der Waals surface area contributed by atoms with Crippen molar-refractivity contribution in [2.24, 2.45) is 0 Å². The lowest BCUT2D eigenvalue weighted by Gasteiger charge is -2.35. The Morgan fingerprint density at radius 1 is 1.33 bits per heavy atom. The highest BCUT2D eigenvalue weighted by atomic mass is 19.1. The number of urea groups is 1. The molecule has 1 saturated heterocycles. The number of carbonyl (C=O) groups is 1. The summed E-state index contributed by atoms with van der Waals surface area (Å²) in [4.78, 5) is 23.1. The molecule has 1 fully saturated rings. The molecule has 7 heteroatoms. The van der Waals surface area contributed by atoms with E-state index in [2.05, 4.69) is 15.3 Å². The van der Waals surface area contributed by atoms with E-state index in [0.717, 1.165) is 42.1 Å². The van der Waals surface area contributed by atoms with Crippen molar-refractivity contribution in [3.05, 3.63) is 53.1 Å². The fourth-order valence-corrected chi connectivity index (χ4v) is 3.66. The van der Waals surface area contributed by atoms with Gasteiger partial charge in [0.1, 0.15) is 17.5 Å². The quantitative estimate of drug-likeness (QED) is 0.872. The third-order valence-electron chi connectivity index (χ3n) is 4.72. The summed E-state index contributed by atoms with van der Waals surface area (Å²) < 4.78 is 26.8. The van der Waals surface area contributed by atoms with Crippen molar-refractivity contribution in [1.29, 1.82) is 0 Å². The molecular weight excluding hydrogens is 314 g/mol. The second kappa shape index (κ2) is 5.51. The number of amides is 2. The molecule has 2 amide bonds. The maximum Gasteiger partial charge on any atom is 0.322 e. The summed E-state index contributed by atoms with van der Waals surface area (Å²) in [6.45, 7) is 1.85. The third-order valence-corrected chi connectivity index (χ3v) is 4.72. The number of benzene rings is 1.